The van der Waals surface area contributed by atoms with Crippen molar-refractivity contribution in [3.8, 4) is 5.75 Å². The molecule has 1 saturated heterocycles. The van der Waals surface area contributed by atoms with E-state index in [0.29, 0.717) is 12.3 Å². The lowest BCUT2D eigenvalue weighted by Crippen LogP contribution is -2.41. The van der Waals surface area contributed by atoms with Gasteiger partial charge in [0, 0.05) is 37.1 Å². The Bertz CT molecular complexity index is 606. The fraction of sp³-hybridized carbons (Fsp3) is 0.375. The molecule has 3 rings (SSSR count). The van der Waals surface area contributed by atoms with Gasteiger partial charge in [-0.25, -0.2) is 9.97 Å². The molecular formula is C16H18N4O2. The number of likely N-dealkylation sites (tertiary alicyclic amines) is 1. The molecular weight excluding hydrogens is 280 g/mol. The molecule has 1 amide bonds. The maximum absolute atomic E-state index is 12.3. The van der Waals surface area contributed by atoms with Crippen LogP contribution in [0.2, 0.25) is 0 Å². The lowest BCUT2D eigenvalue weighted by Gasteiger charge is -2.32. The quantitative estimate of drug-likeness (QED) is 0.858. The SMILES string of the molecule is O=C(COc1cccnc1)N1CCC[C@@H](c2ccncn2)C1. The first kappa shape index (κ1) is 14.4. The summed E-state index contributed by atoms with van der Waals surface area (Å²) in [5.41, 5.74) is 1.00. The average Bonchev–Trinajstić information content (AvgIpc) is 2.61. The van der Waals surface area contributed by atoms with Gasteiger partial charge in [-0.3, -0.25) is 9.78 Å². The van der Waals surface area contributed by atoms with Gasteiger partial charge in [0.2, 0.25) is 0 Å². The van der Waals surface area contributed by atoms with Crippen LogP contribution < -0.4 is 4.74 Å². The van der Waals surface area contributed by atoms with Crippen LogP contribution >= 0.6 is 0 Å². The molecule has 2 aromatic heterocycles. The molecule has 0 bridgehead atoms. The van der Waals surface area contributed by atoms with Gasteiger partial charge in [-0.05, 0) is 31.0 Å². The Morgan fingerprint density at radius 3 is 3.05 bits per heavy atom. The third kappa shape index (κ3) is 3.58. The number of carbonyl (C=O) groups excluding carboxylic acids is 1. The first-order valence-electron chi connectivity index (χ1n) is 7.39. The summed E-state index contributed by atoms with van der Waals surface area (Å²) in [4.78, 5) is 26.4. The number of carbonyl (C=O) groups is 1. The van der Waals surface area contributed by atoms with E-state index in [1.54, 1.807) is 37.1 Å². The fourth-order valence-corrected chi connectivity index (χ4v) is 2.66. The number of hydrogen-bond acceptors (Lipinski definition) is 5. The lowest BCUT2D eigenvalue weighted by molar-refractivity contribution is -0.134. The van der Waals surface area contributed by atoms with Crippen molar-refractivity contribution in [1.82, 2.24) is 19.9 Å². The molecule has 6 heteroatoms. The molecule has 0 radical (unpaired) electrons. The number of ether oxygens (including phenoxy) is 1. The second-order valence-corrected chi connectivity index (χ2v) is 5.29. The highest BCUT2D eigenvalue weighted by atomic mass is 16.5. The number of piperidine rings is 1. The monoisotopic (exact) mass is 298 g/mol. The number of aromatic nitrogens is 3. The topological polar surface area (TPSA) is 68.2 Å². The standard InChI is InChI=1S/C16H18N4O2/c21-16(11-22-14-4-1-6-17-9-14)20-8-2-3-13(10-20)15-5-7-18-12-19-15/h1,4-7,9,12-13H,2-3,8,10-11H2/t13-/m1/s1. The van der Waals surface area contributed by atoms with E-state index >= 15 is 0 Å². The van der Waals surface area contributed by atoms with Gasteiger partial charge in [-0.1, -0.05) is 0 Å². The Morgan fingerprint density at radius 1 is 1.32 bits per heavy atom. The smallest absolute Gasteiger partial charge is 0.260 e. The maximum atomic E-state index is 12.3. The molecule has 0 unspecified atom stereocenters. The largest absolute Gasteiger partial charge is 0.482 e. The molecule has 3 heterocycles. The molecule has 0 N–H and O–H groups in total. The first-order chi connectivity index (χ1) is 10.8. The van der Waals surface area contributed by atoms with Gasteiger partial charge in [0.1, 0.15) is 12.1 Å². The van der Waals surface area contributed by atoms with Crippen molar-refractivity contribution >= 4 is 5.91 Å². The number of hydrogen-bond donors (Lipinski definition) is 0. The van der Waals surface area contributed by atoms with Crippen molar-refractivity contribution in [3.63, 3.8) is 0 Å². The Labute approximate surface area is 129 Å². The van der Waals surface area contributed by atoms with Crippen LogP contribution in [0.15, 0.2) is 43.1 Å². The average molecular weight is 298 g/mol. The van der Waals surface area contributed by atoms with Crippen LogP contribution in [0.1, 0.15) is 24.5 Å². The minimum atomic E-state index is 0.00242. The van der Waals surface area contributed by atoms with E-state index in [1.807, 2.05) is 11.0 Å². The van der Waals surface area contributed by atoms with E-state index < -0.39 is 0 Å². The predicted octanol–water partition coefficient (Wildman–Crippen LogP) is 1.66. The fourth-order valence-electron chi connectivity index (χ4n) is 2.66. The van der Waals surface area contributed by atoms with Crippen molar-refractivity contribution < 1.29 is 9.53 Å². The summed E-state index contributed by atoms with van der Waals surface area (Å²) in [5.74, 6) is 0.891. The molecule has 22 heavy (non-hydrogen) atoms. The lowest BCUT2D eigenvalue weighted by atomic mass is 9.94. The van der Waals surface area contributed by atoms with Gasteiger partial charge in [-0.2, -0.15) is 0 Å². The van der Waals surface area contributed by atoms with Gasteiger partial charge in [0.15, 0.2) is 6.61 Å². The van der Waals surface area contributed by atoms with Crippen LogP contribution in [0.25, 0.3) is 0 Å². The van der Waals surface area contributed by atoms with Crippen molar-refractivity contribution in [2.75, 3.05) is 19.7 Å². The molecule has 1 fully saturated rings. The minimum absolute atomic E-state index is 0.00242. The highest BCUT2D eigenvalue weighted by Crippen LogP contribution is 2.25. The molecule has 0 spiro atoms. The van der Waals surface area contributed by atoms with Crippen LogP contribution in [0, 0.1) is 0 Å². The highest BCUT2D eigenvalue weighted by Gasteiger charge is 2.25. The second-order valence-electron chi connectivity index (χ2n) is 5.29. The summed E-state index contributed by atoms with van der Waals surface area (Å²) in [5, 5.41) is 0. The van der Waals surface area contributed by atoms with E-state index in [0.717, 1.165) is 25.1 Å². The molecule has 6 nitrogen and oxygen atoms in total. The number of nitrogens with zero attached hydrogens (tertiary/aromatic N) is 4. The molecule has 0 saturated carbocycles. The molecule has 1 atom stereocenters. The number of pyridine rings is 1. The summed E-state index contributed by atoms with van der Waals surface area (Å²) >= 11 is 0. The van der Waals surface area contributed by atoms with Gasteiger partial charge in [-0.15, -0.1) is 0 Å². The Morgan fingerprint density at radius 2 is 2.27 bits per heavy atom. The van der Waals surface area contributed by atoms with Crippen molar-refractivity contribution in [2.45, 2.75) is 18.8 Å². The molecule has 1 aliphatic heterocycles. The molecule has 0 aliphatic carbocycles. The first-order valence-corrected chi connectivity index (χ1v) is 7.39. The highest BCUT2D eigenvalue weighted by molar-refractivity contribution is 5.78. The second kappa shape index (κ2) is 6.98. The van der Waals surface area contributed by atoms with E-state index in [4.69, 9.17) is 4.74 Å². The summed E-state index contributed by atoms with van der Waals surface area (Å²) in [6.07, 6.45) is 8.60. The Balaban J connectivity index is 1.56. The molecule has 1 aliphatic rings. The van der Waals surface area contributed by atoms with E-state index in [9.17, 15) is 4.79 Å². The number of amides is 1. The van der Waals surface area contributed by atoms with Crippen LogP contribution in [-0.2, 0) is 4.79 Å². The van der Waals surface area contributed by atoms with Crippen molar-refractivity contribution in [1.29, 1.82) is 0 Å². The van der Waals surface area contributed by atoms with Crippen LogP contribution in [-0.4, -0.2) is 45.5 Å². The van der Waals surface area contributed by atoms with E-state index in [-0.39, 0.29) is 18.4 Å². The summed E-state index contributed by atoms with van der Waals surface area (Å²) in [7, 11) is 0. The Kier molecular flexibility index (Phi) is 4.58. The van der Waals surface area contributed by atoms with Gasteiger partial charge < -0.3 is 9.64 Å². The van der Waals surface area contributed by atoms with Crippen LogP contribution in [0.5, 0.6) is 5.75 Å². The zero-order chi connectivity index (χ0) is 15.2. The minimum Gasteiger partial charge on any atom is -0.482 e. The maximum Gasteiger partial charge on any atom is 0.260 e. The van der Waals surface area contributed by atoms with Crippen molar-refractivity contribution in [3.05, 3.63) is 48.8 Å². The van der Waals surface area contributed by atoms with Gasteiger partial charge in [0.25, 0.3) is 5.91 Å². The number of rotatable bonds is 4. The molecule has 0 aromatic carbocycles. The Hall–Kier alpha value is -2.50. The third-order valence-electron chi connectivity index (χ3n) is 3.79. The van der Waals surface area contributed by atoms with Crippen LogP contribution in [0.3, 0.4) is 0 Å². The zero-order valence-electron chi connectivity index (χ0n) is 12.3. The zero-order valence-corrected chi connectivity index (χ0v) is 12.3. The summed E-state index contributed by atoms with van der Waals surface area (Å²) in [6.45, 7) is 1.51. The molecule has 114 valence electrons. The molecule has 2 aromatic rings. The normalized spacial score (nSPS) is 18.0. The van der Waals surface area contributed by atoms with Gasteiger partial charge in [0.05, 0.1) is 6.20 Å². The van der Waals surface area contributed by atoms with Crippen molar-refractivity contribution in [2.24, 2.45) is 0 Å². The van der Waals surface area contributed by atoms with Gasteiger partial charge >= 0.3 is 0 Å². The van der Waals surface area contributed by atoms with E-state index in [1.165, 1.54) is 0 Å². The third-order valence-corrected chi connectivity index (χ3v) is 3.79. The van der Waals surface area contributed by atoms with Crippen LogP contribution in [0.4, 0.5) is 0 Å². The summed E-state index contributed by atoms with van der Waals surface area (Å²) < 4.78 is 5.48. The summed E-state index contributed by atoms with van der Waals surface area (Å²) in [6, 6.07) is 5.50. The predicted molar refractivity (Wildman–Crippen MR) is 80.3 cm³/mol. The van der Waals surface area contributed by atoms with E-state index in [2.05, 4.69) is 15.0 Å².